The lowest BCUT2D eigenvalue weighted by Crippen LogP contribution is -2.50. The van der Waals surface area contributed by atoms with Crippen molar-refractivity contribution < 1.29 is 4.39 Å². The van der Waals surface area contributed by atoms with Gasteiger partial charge in [-0.15, -0.1) is 0 Å². The van der Waals surface area contributed by atoms with Crippen LogP contribution in [0.25, 0.3) is 0 Å². The second kappa shape index (κ2) is 7.58. The lowest BCUT2D eigenvalue weighted by molar-refractivity contribution is 0.195. The molecule has 1 aliphatic heterocycles. The van der Waals surface area contributed by atoms with Gasteiger partial charge in [-0.1, -0.05) is 30.3 Å². The summed E-state index contributed by atoms with van der Waals surface area (Å²) in [4.78, 5) is 6.75. The monoisotopic (exact) mass is 325 g/mol. The van der Waals surface area contributed by atoms with Crippen LogP contribution in [0.15, 0.2) is 59.6 Å². The molecule has 1 fully saturated rings. The Morgan fingerprint density at radius 1 is 1.08 bits per heavy atom. The molecule has 1 aliphatic rings. The second-order valence-electron chi connectivity index (χ2n) is 6.44. The van der Waals surface area contributed by atoms with Gasteiger partial charge >= 0.3 is 0 Å². The highest BCUT2D eigenvalue weighted by Crippen LogP contribution is 2.27. The molecule has 3 nitrogen and oxygen atoms in total. The van der Waals surface area contributed by atoms with Gasteiger partial charge < -0.3 is 5.32 Å². The Morgan fingerprint density at radius 2 is 1.75 bits per heavy atom. The first-order valence-corrected chi connectivity index (χ1v) is 8.42. The summed E-state index contributed by atoms with van der Waals surface area (Å²) in [5.41, 5.74) is 2.13. The molecule has 1 heterocycles. The molecule has 2 aromatic carbocycles. The number of nitrogens with one attached hydrogen (secondary N) is 1. The molecule has 0 amide bonds. The molecule has 0 atom stereocenters. The van der Waals surface area contributed by atoms with Crippen molar-refractivity contribution in [3.8, 4) is 0 Å². The van der Waals surface area contributed by atoms with Crippen molar-refractivity contribution in [1.29, 1.82) is 0 Å². The summed E-state index contributed by atoms with van der Waals surface area (Å²) in [5.74, 6) is -0.212. The summed E-state index contributed by atoms with van der Waals surface area (Å²) in [5, 5.41) is 3.56. The van der Waals surface area contributed by atoms with Gasteiger partial charge in [0.15, 0.2) is 0 Å². The van der Waals surface area contributed by atoms with Gasteiger partial charge in [0.2, 0.25) is 0 Å². The molecular weight excluding hydrogens is 301 g/mol. The Morgan fingerprint density at radius 3 is 2.38 bits per heavy atom. The van der Waals surface area contributed by atoms with Crippen molar-refractivity contribution in [1.82, 2.24) is 4.90 Å². The van der Waals surface area contributed by atoms with E-state index in [1.54, 1.807) is 12.1 Å². The summed E-state index contributed by atoms with van der Waals surface area (Å²) in [7, 11) is 1.81. The van der Waals surface area contributed by atoms with E-state index >= 15 is 0 Å². The summed E-state index contributed by atoms with van der Waals surface area (Å²) in [6, 6.07) is 17.1. The SMILES string of the molecule is C/N=C/C1(Nc2ccc(F)cc2)CCN(Cc2ccccc2)CC1. The van der Waals surface area contributed by atoms with Gasteiger partial charge in [-0.25, -0.2) is 4.39 Å². The molecular formula is C20H24FN3. The summed E-state index contributed by atoms with van der Waals surface area (Å²) in [6.07, 6.45) is 3.97. The molecule has 2 aromatic rings. The van der Waals surface area contributed by atoms with E-state index in [-0.39, 0.29) is 11.4 Å². The van der Waals surface area contributed by atoms with Crippen LogP contribution < -0.4 is 5.32 Å². The van der Waals surface area contributed by atoms with E-state index in [1.807, 2.05) is 13.3 Å². The Hall–Kier alpha value is -2.20. The zero-order valence-corrected chi connectivity index (χ0v) is 14.1. The molecule has 0 aromatic heterocycles. The third-order valence-electron chi connectivity index (χ3n) is 4.61. The molecule has 0 spiro atoms. The molecule has 0 bridgehead atoms. The van der Waals surface area contributed by atoms with Gasteiger partial charge in [-0.3, -0.25) is 9.89 Å². The average molecular weight is 325 g/mol. The Bertz CT molecular complexity index is 659. The number of likely N-dealkylation sites (tertiary alicyclic amines) is 1. The predicted octanol–water partition coefficient (Wildman–Crippen LogP) is 3.97. The van der Waals surface area contributed by atoms with E-state index < -0.39 is 0 Å². The molecule has 0 aliphatic carbocycles. The maximum Gasteiger partial charge on any atom is 0.123 e. The van der Waals surface area contributed by atoms with E-state index in [2.05, 4.69) is 45.5 Å². The number of nitrogens with zero attached hydrogens (tertiary/aromatic N) is 2. The minimum atomic E-state index is -0.212. The maximum atomic E-state index is 13.1. The van der Waals surface area contributed by atoms with E-state index in [1.165, 1.54) is 17.7 Å². The van der Waals surface area contributed by atoms with E-state index in [0.29, 0.717) is 0 Å². The van der Waals surface area contributed by atoms with Crippen LogP contribution in [0, 0.1) is 5.82 Å². The van der Waals surface area contributed by atoms with Crippen molar-refractivity contribution in [2.24, 2.45) is 4.99 Å². The van der Waals surface area contributed by atoms with Gasteiger partial charge in [-0.05, 0) is 42.7 Å². The fourth-order valence-electron chi connectivity index (χ4n) is 3.31. The number of anilines is 1. The zero-order valence-electron chi connectivity index (χ0n) is 14.1. The van der Waals surface area contributed by atoms with Gasteiger partial charge in [0.1, 0.15) is 5.82 Å². The van der Waals surface area contributed by atoms with Crippen LogP contribution in [0.2, 0.25) is 0 Å². The molecule has 3 rings (SSSR count). The van der Waals surface area contributed by atoms with Crippen LogP contribution in [0.5, 0.6) is 0 Å². The number of hydrogen-bond acceptors (Lipinski definition) is 3. The third-order valence-corrected chi connectivity index (χ3v) is 4.61. The van der Waals surface area contributed by atoms with Gasteiger partial charge in [0.05, 0.1) is 5.54 Å². The predicted molar refractivity (Wildman–Crippen MR) is 98.1 cm³/mol. The first-order chi connectivity index (χ1) is 11.7. The number of piperidine rings is 1. The second-order valence-corrected chi connectivity index (χ2v) is 6.44. The Labute approximate surface area is 143 Å². The van der Waals surface area contributed by atoms with Crippen molar-refractivity contribution >= 4 is 11.9 Å². The summed E-state index contributed by atoms with van der Waals surface area (Å²) < 4.78 is 13.1. The van der Waals surface area contributed by atoms with Crippen molar-refractivity contribution in [2.45, 2.75) is 24.9 Å². The number of halogens is 1. The Kier molecular flexibility index (Phi) is 5.26. The van der Waals surface area contributed by atoms with E-state index in [4.69, 9.17) is 0 Å². The normalized spacial score (nSPS) is 17.9. The van der Waals surface area contributed by atoms with Crippen LogP contribution in [-0.4, -0.2) is 36.8 Å². The number of benzene rings is 2. The molecule has 0 unspecified atom stereocenters. The highest BCUT2D eigenvalue weighted by molar-refractivity contribution is 5.75. The molecule has 126 valence electrons. The van der Waals surface area contributed by atoms with Crippen molar-refractivity contribution in [2.75, 3.05) is 25.5 Å². The van der Waals surface area contributed by atoms with Gasteiger partial charge in [-0.2, -0.15) is 0 Å². The smallest absolute Gasteiger partial charge is 0.123 e. The van der Waals surface area contributed by atoms with E-state index in [9.17, 15) is 4.39 Å². The number of hydrogen-bond donors (Lipinski definition) is 1. The van der Waals surface area contributed by atoms with E-state index in [0.717, 1.165) is 38.2 Å². The van der Waals surface area contributed by atoms with Crippen LogP contribution in [0.3, 0.4) is 0 Å². The van der Waals surface area contributed by atoms with Crippen molar-refractivity contribution in [3.63, 3.8) is 0 Å². The quantitative estimate of drug-likeness (QED) is 0.842. The molecule has 1 N–H and O–H groups in total. The lowest BCUT2D eigenvalue weighted by atomic mass is 9.88. The number of aliphatic imine (C=N–C) groups is 1. The van der Waals surface area contributed by atoms with Crippen molar-refractivity contribution in [3.05, 3.63) is 66.0 Å². The largest absolute Gasteiger partial charge is 0.374 e. The molecule has 4 heteroatoms. The van der Waals surface area contributed by atoms with Gasteiger partial charge in [0, 0.05) is 38.6 Å². The third kappa shape index (κ3) is 4.20. The minimum Gasteiger partial charge on any atom is -0.374 e. The Balaban J connectivity index is 1.64. The first kappa shape index (κ1) is 16.7. The standard InChI is InChI=1S/C20H24FN3/c1-22-16-20(23-19-9-7-18(21)8-10-19)11-13-24(14-12-20)15-17-5-3-2-4-6-17/h2-10,16,23H,11-15H2,1H3/b22-16+. The zero-order chi connectivity index (χ0) is 16.8. The summed E-state index contributed by atoms with van der Waals surface area (Å²) in [6.45, 7) is 3.00. The van der Waals surface area contributed by atoms with Crippen LogP contribution in [0.1, 0.15) is 18.4 Å². The number of rotatable bonds is 5. The minimum absolute atomic E-state index is 0.153. The fraction of sp³-hybridized carbons (Fsp3) is 0.350. The van der Waals surface area contributed by atoms with Crippen LogP contribution in [-0.2, 0) is 6.54 Å². The first-order valence-electron chi connectivity index (χ1n) is 8.42. The molecule has 0 saturated carbocycles. The average Bonchev–Trinajstić information content (AvgIpc) is 2.60. The van der Waals surface area contributed by atoms with Gasteiger partial charge in [0.25, 0.3) is 0 Å². The molecule has 24 heavy (non-hydrogen) atoms. The topological polar surface area (TPSA) is 27.6 Å². The van der Waals surface area contributed by atoms with Crippen LogP contribution >= 0.6 is 0 Å². The molecule has 0 radical (unpaired) electrons. The lowest BCUT2D eigenvalue weighted by Gasteiger charge is -2.40. The van der Waals surface area contributed by atoms with Crippen LogP contribution in [0.4, 0.5) is 10.1 Å². The fourth-order valence-corrected chi connectivity index (χ4v) is 3.31. The highest BCUT2D eigenvalue weighted by atomic mass is 19.1. The highest BCUT2D eigenvalue weighted by Gasteiger charge is 2.32. The molecule has 1 saturated heterocycles. The maximum absolute atomic E-state index is 13.1. The summed E-state index contributed by atoms with van der Waals surface area (Å²) >= 11 is 0.